The number of alkyl halides is 12. The molecule has 0 bridgehead atoms. The van der Waals surface area contributed by atoms with Crippen molar-refractivity contribution in [2.75, 3.05) is 6.26 Å². The molecule has 0 heterocycles. The van der Waals surface area contributed by atoms with Crippen LogP contribution in [0.3, 0.4) is 0 Å². The van der Waals surface area contributed by atoms with Gasteiger partial charge in [-0.3, -0.25) is 0 Å². The summed E-state index contributed by atoms with van der Waals surface area (Å²) in [5, 5.41) is 2.90. The predicted octanol–water partition coefficient (Wildman–Crippen LogP) is 10.5. The summed E-state index contributed by atoms with van der Waals surface area (Å²) in [6.45, 7) is 0. The van der Waals surface area contributed by atoms with E-state index in [9.17, 15) is 56.9 Å². The molecule has 0 aliphatic heterocycles. The Morgan fingerprint density at radius 1 is 0.424 bits per heavy atom. The topological polar surface area (TPSA) is 17.1 Å². The van der Waals surface area contributed by atoms with Crippen LogP contribution in [0.5, 0.6) is 0 Å². The van der Waals surface area contributed by atoms with Crippen LogP contribution in [0.15, 0.2) is 158 Å². The zero-order chi connectivity index (χ0) is 43.3. The van der Waals surface area contributed by atoms with Crippen LogP contribution in [0.2, 0.25) is 0 Å². The Morgan fingerprint density at radius 2 is 0.695 bits per heavy atom. The van der Waals surface area contributed by atoms with E-state index in [1.807, 2.05) is 60.7 Å². The van der Waals surface area contributed by atoms with Gasteiger partial charge in [0, 0.05) is 11.1 Å². The van der Waals surface area contributed by atoms with Crippen molar-refractivity contribution in [1.82, 2.24) is 0 Å². The second kappa shape index (κ2) is 17.2. The van der Waals surface area contributed by atoms with Gasteiger partial charge in [0.05, 0.1) is 22.3 Å². The van der Waals surface area contributed by atoms with Crippen LogP contribution in [-0.2, 0) is 44.6 Å². The van der Waals surface area contributed by atoms with Crippen molar-refractivity contribution < 1.29 is 56.9 Å². The summed E-state index contributed by atoms with van der Waals surface area (Å²) in [5.74, 6) is 3.49. The van der Waals surface area contributed by atoms with Crippen molar-refractivity contribution in [1.29, 1.82) is 0 Å². The minimum absolute atomic E-state index is 0.0114. The lowest BCUT2D eigenvalue weighted by Gasteiger charge is -2.44. The van der Waals surface area contributed by atoms with Gasteiger partial charge in [0.1, 0.15) is 18.2 Å². The van der Waals surface area contributed by atoms with Gasteiger partial charge in [0.15, 0.2) is 15.2 Å². The van der Waals surface area contributed by atoms with Crippen molar-refractivity contribution >= 4 is 37.9 Å². The summed E-state index contributed by atoms with van der Waals surface area (Å²) in [4.78, 5) is 0. The third kappa shape index (κ3) is 11.1. The Labute approximate surface area is 333 Å². The molecule has 0 amide bonds. The maximum absolute atomic E-state index is 13.3. The molecule has 6 rings (SSSR count). The Balaban J connectivity index is 0.000000305. The van der Waals surface area contributed by atoms with E-state index in [2.05, 4.69) is 11.2 Å². The maximum Gasteiger partial charge on any atom is 0.416 e. The van der Waals surface area contributed by atoms with Crippen molar-refractivity contribution in [3.63, 3.8) is 0 Å². The molecule has 0 aliphatic carbocycles. The minimum Gasteiger partial charge on any atom is -0.195 e. The van der Waals surface area contributed by atoms with Crippen LogP contribution < -0.4 is 21.9 Å². The van der Waals surface area contributed by atoms with Gasteiger partial charge in [-0.05, 0) is 18.1 Å². The zero-order valence-corrected chi connectivity index (χ0v) is 31.5. The molecule has 6 aromatic carbocycles. The minimum atomic E-state index is -4.77. The van der Waals surface area contributed by atoms with Gasteiger partial charge in [0.2, 0.25) is 0 Å². The molecule has 6 aromatic rings. The van der Waals surface area contributed by atoms with E-state index in [0.717, 1.165) is 59.7 Å². The van der Waals surface area contributed by atoms with Gasteiger partial charge in [0.25, 0.3) is 0 Å². The van der Waals surface area contributed by atoms with Gasteiger partial charge in [-0.1, -0.05) is 150 Å². The summed E-state index contributed by atoms with van der Waals surface area (Å²) in [7, 11) is -2.14. The van der Waals surface area contributed by atoms with Gasteiger partial charge in [-0.15, -0.1) is 0 Å². The van der Waals surface area contributed by atoms with E-state index in [0.29, 0.717) is 54.3 Å². The average Bonchev–Trinajstić information content (AvgIpc) is 3.18. The predicted molar refractivity (Wildman–Crippen MR) is 208 cm³/mol. The van der Waals surface area contributed by atoms with Gasteiger partial charge < -0.3 is 0 Å². The molecule has 0 saturated carbocycles. The SMILES string of the molecule is C[S+](=O)(C#Cc1ccccc1)Cc1ccccc1.FC(F)(F)c1ccc([B-](c2ccc(C(F)(F)F)cc2)(c2ccc(C(F)(F)F)cc2)c2ccc(C(F)(F)F)cc2)cc1. The third-order valence-corrected chi connectivity index (χ3v) is 10.8. The van der Waals surface area contributed by atoms with Crippen molar-refractivity contribution in [3.8, 4) is 11.2 Å². The molecule has 59 heavy (non-hydrogen) atoms. The molecule has 1 nitrogen and oxygen atoms in total. The fourth-order valence-electron chi connectivity index (χ4n) is 6.61. The van der Waals surface area contributed by atoms with E-state index in [1.165, 1.54) is 0 Å². The second-order valence-corrected chi connectivity index (χ2v) is 16.1. The summed E-state index contributed by atoms with van der Waals surface area (Å²) in [5.41, 5.74) is -2.33. The Kier molecular flexibility index (Phi) is 13.0. The van der Waals surface area contributed by atoms with Gasteiger partial charge in [-0.2, -0.15) is 74.5 Å². The van der Waals surface area contributed by atoms with Gasteiger partial charge in [-0.25, -0.2) is 0 Å². The fourth-order valence-corrected chi connectivity index (χ4v) is 7.85. The molecule has 0 N–H and O–H groups in total. The first-order chi connectivity index (χ1) is 27.5. The number of halogens is 12. The molecule has 0 aliphatic rings. The molecule has 306 valence electrons. The number of benzene rings is 6. The lowest BCUT2D eigenvalue weighted by atomic mass is 9.13. The van der Waals surface area contributed by atoms with Crippen LogP contribution in [0.25, 0.3) is 0 Å². The molecule has 0 aromatic heterocycles. The largest absolute Gasteiger partial charge is 0.416 e. The third-order valence-electron chi connectivity index (χ3n) is 9.42. The molecule has 0 saturated heterocycles. The number of rotatable bonds is 6. The highest BCUT2D eigenvalue weighted by molar-refractivity contribution is 8.05. The summed E-state index contributed by atoms with van der Waals surface area (Å²) in [6, 6.07) is 33.0. The van der Waals surface area contributed by atoms with Crippen molar-refractivity contribution in [2.45, 2.75) is 30.5 Å². The molecular formula is C44H31BF12OS. The van der Waals surface area contributed by atoms with Crippen molar-refractivity contribution in [3.05, 3.63) is 191 Å². The average molecular weight is 847 g/mol. The van der Waals surface area contributed by atoms with E-state index in [4.69, 9.17) is 0 Å². The highest BCUT2D eigenvalue weighted by Crippen LogP contribution is 2.32. The Bertz CT molecular complexity index is 2180. The first-order valence-corrected chi connectivity index (χ1v) is 19.6. The highest BCUT2D eigenvalue weighted by atomic mass is 32.2. The first kappa shape index (κ1) is 44.4. The van der Waals surface area contributed by atoms with Crippen LogP contribution in [-0.4, -0.2) is 12.4 Å². The monoisotopic (exact) mass is 846 g/mol. The normalized spacial score (nSPS) is 13.3. The Hall–Kier alpha value is -5.75. The van der Waals surface area contributed by atoms with Gasteiger partial charge >= 0.3 is 24.7 Å². The van der Waals surface area contributed by atoms with Crippen LogP contribution in [0.4, 0.5) is 52.7 Å². The Morgan fingerprint density at radius 3 is 0.966 bits per heavy atom. The molecule has 15 heteroatoms. The smallest absolute Gasteiger partial charge is 0.195 e. The first-order valence-electron chi connectivity index (χ1n) is 17.5. The lowest BCUT2D eigenvalue weighted by molar-refractivity contribution is -0.138. The summed E-state index contributed by atoms with van der Waals surface area (Å²) in [6.07, 6.45) is -20.3. The lowest BCUT2D eigenvalue weighted by Crippen LogP contribution is -2.74. The van der Waals surface area contributed by atoms with Crippen LogP contribution in [0.1, 0.15) is 33.4 Å². The van der Waals surface area contributed by atoms with Crippen LogP contribution in [0, 0.1) is 11.2 Å². The molecule has 1 atom stereocenters. The summed E-state index contributed by atoms with van der Waals surface area (Å²) >= 11 is 0. The van der Waals surface area contributed by atoms with Crippen molar-refractivity contribution in [2.24, 2.45) is 0 Å². The summed E-state index contributed by atoms with van der Waals surface area (Å²) < 4.78 is 172. The zero-order valence-electron chi connectivity index (χ0n) is 30.6. The maximum atomic E-state index is 13.3. The second-order valence-electron chi connectivity index (χ2n) is 13.6. The molecule has 0 radical (unpaired) electrons. The highest BCUT2D eigenvalue weighted by Gasteiger charge is 2.38. The molecular weight excluding hydrogens is 815 g/mol. The van der Waals surface area contributed by atoms with E-state index in [1.54, 1.807) is 6.26 Å². The standard InChI is InChI=1S/C28H16BF12.C16H15OS/c30-25(31,32)17-1-9-21(10-2-17)29(22-11-3-18(4-12-22)26(33,34)35,23-13-5-19(6-14-23)27(36,37)38)24-15-7-20(8-16-24)28(39,40)41;1-18(17,14-16-10-6-3-7-11-16)13-12-15-8-4-2-5-9-15/h1-16H;2-11H,14H2,1H3/q-1;+1. The molecule has 1 unspecified atom stereocenters. The van der Waals surface area contributed by atoms with E-state index >= 15 is 0 Å². The van der Waals surface area contributed by atoms with E-state index < -0.39 is 63.0 Å². The number of hydrogen-bond acceptors (Lipinski definition) is 1. The van der Waals surface area contributed by atoms with Crippen LogP contribution >= 0.6 is 0 Å². The molecule has 0 spiro atoms. The fraction of sp³-hybridized carbons (Fsp3) is 0.136. The quantitative estimate of drug-likeness (QED) is 0.0707. The van der Waals surface area contributed by atoms with E-state index in [-0.39, 0.29) is 21.9 Å². The molecule has 0 fully saturated rings. The number of hydrogen-bond donors (Lipinski definition) is 0.